The van der Waals surface area contributed by atoms with Gasteiger partial charge in [-0.3, -0.25) is 0 Å². The summed E-state index contributed by atoms with van der Waals surface area (Å²) in [5.41, 5.74) is 9.26. The monoisotopic (exact) mass is 381 g/mol. The maximum atomic E-state index is 14.4. The Hall–Kier alpha value is -1.53. The molecule has 0 unspecified atom stereocenters. The van der Waals surface area contributed by atoms with Crippen LogP contribution in [0.2, 0.25) is 0 Å². The molecule has 0 aliphatic rings. The molecule has 0 fully saturated rings. The summed E-state index contributed by atoms with van der Waals surface area (Å²) in [7, 11) is 0. The minimum absolute atomic E-state index is 0. The predicted octanol–water partition coefficient (Wildman–Crippen LogP) is -0.00740. The van der Waals surface area contributed by atoms with Gasteiger partial charge in [0.15, 0.2) is 0 Å². The maximum Gasteiger partial charge on any atom is 1.00 e. The van der Waals surface area contributed by atoms with Gasteiger partial charge in [-0.15, -0.1) is 0 Å². The van der Waals surface area contributed by atoms with Crippen molar-refractivity contribution in [2.75, 3.05) is 0 Å². The number of hydrogen-bond donors (Lipinski definition) is 1. The van der Waals surface area contributed by atoms with Crippen molar-refractivity contribution in [2.45, 2.75) is 39.2 Å². The smallest absolute Gasteiger partial charge is 0.548 e. The molecule has 2 rings (SSSR count). The van der Waals surface area contributed by atoms with Gasteiger partial charge in [-0.05, 0) is 53.7 Å². The normalized spacial score (nSPS) is 12.4. The Labute approximate surface area is 180 Å². The minimum atomic E-state index is -1.38. The van der Waals surface area contributed by atoms with Crippen molar-refractivity contribution < 1.29 is 48.2 Å². The van der Waals surface area contributed by atoms with Gasteiger partial charge in [0.25, 0.3) is 0 Å². The molecular weight excluding hydrogens is 359 g/mol. The molecule has 0 aliphatic heterocycles. The topological polar surface area (TPSA) is 66.2 Å². The van der Waals surface area contributed by atoms with E-state index in [0.717, 1.165) is 30.0 Å². The first-order valence-electron chi connectivity index (χ1n) is 8.61. The van der Waals surface area contributed by atoms with Gasteiger partial charge < -0.3 is 15.6 Å². The van der Waals surface area contributed by atoms with Crippen LogP contribution in [0.25, 0.3) is 5.57 Å². The third-order valence-electron chi connectivity index (χ3n) is 4.38. The van der Waals surface area contributed by atoms with E-state index in [1.165, 1.54) is 17.7 Å². The molecule has 2 aromatic carbocycles. The molecule has 0 radical (unpaired) electrons. The Kier molecular flexibility index (Phi) is 9.33. The molecule has 2 N–H and O–H groups in total. The number of halogens is 2. The second-order valence-corrected chi connectivity index (χ2v) is 6.09. The Morgan fingerprint density at radius 2 is 1.78 bits per heavy atom. The predicted molar refractivity (Wildman–Crippen MR) is 96.2 cm³/mol. The van der Waals surface area contributed by atoms with Gasteiger partial charge in [0.05, 0.1) is 5.97 Å². The van der Waals surface area contributed by atoms with E-state index in [2.05, 4.69) is 6.92 Å². The Balaban J connectivity index is 0.00000364. The van der Waals surface area contributed by atoms with Crippen molar-refractivity contribution in [2.24, 2.45) is 5.73 Å². The molecule has 0 saturated heterocycles. The molecule has 0 heterocycles. The Morgan fingerprint density at radius 3 is 2.33 bits per heavy atom. The summed E-state index contributed by atoms with van der Waals surface area (Å²) in [6.07, 6.45) is 3.24. The van der Waals surface area contributed by atoms with Gasteiger partial charge in [0.2, 0.25) is 0 Å². The fraction of sp³-hybridized carbons (Fsp3) is 0.286. The molecule has 6 heteroatoms. The first-order valence-corrected chi connectivity index (χ1v) is 8.61. The summed E-state index contributed by atoms with van der Waals surface area (Å²) in [5.74, 6) is -2.76. The average Bonchev–Trinajstić information content (AvgIpc) is 2.62. The van der Waals surface area contributed by atoms with E-state index in [4.69, 9.17) is 5.73 Å². The Morgan fingerprint density at radius 1 is 1.11 bits per heavy atom. The van der Waals surface area contributed by atoms with Crippen LogP contribution in [0, 0.1) is 11.6 Å². The van der Waals surface area contributed by atoms with E-state index in [0.29, 0.717) is 5.57 Å². The zero-order valence-corrected chi connectivity index (χ0v) is 17.9. The third kappa shape index (κ3) is 5.98. The largest absolute Gasteiger partial charge is 1.00 e. The first kappa shape index (κ1) is 23.5. The molecule has 0 aliphatic carbocycles. The van der Waals surface area contributed by atoms with Crippen molar-refractivity contribution in [3.63, 3.8) is 0 Å². The summed E-state index contributed by atoms with van der Waals surface area (Å²) in [6, 6.07) is 7.92. The minimum Gasteiger partial charge on any atom is -0.548 e. The SMILES string of the molecule is CCc1ccc(/C(=C/C[C@H](N)C(=O)[O-])c2ccc(F)cc2F)cc1CC.[Na+]. The summed E-state index contributed by atoms with van der Waals surface area (Å²) in [6.45, 7) is 4.09. The van der Waals surface area contributed by atoms with Gasteiger partial charge >= 0.3 is 29.6 Å². The van der Waals surface area contributed by atoms with Gasteiger partial charge in [0.1, 0.15) is 11.6 Å². The molecule has 0 saturated carbocycles. The van der Waals surface area contributed by atoms with E-state index in [1.54, 1.807) is 6.08 Å². The van der Waals surface area contributed by atoms with Crippen molar-refractivity contribution in [3.8, 4) is 0 Å². The number of rotatable bonds is 7. The van der Waals surface area contributed by atoms with E-state index in [-0.39, 0.29) is 41.5 Å². The van der Waals surface area contributed by atoms with Gasteiger partial charge in [0, 0.05) is 17.7 Å². The first-order chi connectivity index (χ1) is 12.4. The molecule has 27 heavy (non-hydrogen) atoms. The van der Waals surface area contributed by atoms with E-state index >= 15 is 0 Å². The molecule has 0 spiro atoms. The number of carboxylic acid groups (broad SMARTS) is 1. The average molecular weight is 381 g/mol. The molecule has 0 bridgehead atoms. The van der Waals surface area contributed by atoms with Crippen LogP contribution in [0.15, 0.2) is 42.5 Å². The molecule has 0 amide bonds. The van der Waals surface area contributed by atoms with E-state index < -0.39 is 23.6 Å². The number of carbonyl (C=O) groups is 1. The summed E-state index contributed by atoms with van der Waals surface area (Å²) >= 11 is 0. The quantitative estimate of drug-likeness (QED) is 0.687. The van der Waals surface area contributed by atoms with Gasteiger partial charge in [-0.25, -0.2) is 8.78 Å². The second kappa shape index (κ2) is 10.7. The number of nitrogens with two attached hydrogens (primary N) is 1. The van der Waals surface area contributed by atoms with Gasteiger partial charge in [-0.2, -0.15) is 0 Å². The summed E-state index contributed by atoms with van der Waals surface area (Å²) < 4.78 is 27.6. The van der Waals surface area contributed by atoms with Crippen LogP contribution < -0.4 is 40.4 Å². The fourth-order valence-electron chi connectivity index (χ4n) is 2.90. The molecule has 138 valence electrons. The van der Waals surface area contributed by atoms with Crippen LogP contribution in [-0.2, 0) is 17.6 Å². The molecule has 1 atom stereocenters. The zero-order valence-electron chi connectivity index (χ0n) is 15.9. The summed E-state index contributed by atoms with van der Waals surface area (Å²) in [4.78, 5) is 10.9. The number of aliphatic carboxylic acids is 1. The fourth-order valence-corrected chi connectivity index (χ4v) is 2.90. The zero-order chi connectivity index (χ0) is 19.3. The van der Waals surface area contributed by atoms with Crippen molar-refractivity contribution >= 4 is 11.5 Å². The molecule has 3 nitrogen and oxygen atoms in total. The van der Waals surface area contributed by atoms with Crippen molar-refractivity contribution in [1.82, 2.24) is 0 Å². The van der Waals surface area contributed by atoms with Crippen molar-refractivity contribution in [1.29, 1.82) is 0 Å². The number of aryl methyl sites for hydroxylation is 2. The third-order valence-corrected chi connectivity index (χ3v) is 4.38. The molecule has 2 aromatic rings. The Bertz CT molecular complexity index is 837. The van der Waals surface area contributed by atoms with Crippen molar-refractivity contribution in [3.05, 3.63) is 76.4 Å². The van der Waals surface area contributed by atoms with Crippen LogP contribution in [0.3, 0.4) is 0 Å². The number of hydrogen-bond acceptors (Lipinski definition) is 3. The van der Waals surface area contributed by atoms with Crippen LogP contribution in [0.4, 0.5) is 8.78 Å². The van der Waals surface area contributed by atoms with E-state index in [9.17, 15) is 18.7 Å². The van der Waals surface area contributed by atoms with Crippen LogP contribution in [-0.4, -0.2) is 12.0 Å². The molecule has 0 aromatic heterocycles. The van der Waals surface area contributed by atoms with E-state index in [1.807, 2.05) is 25.1 Å². The number of carbonyl (C=O) groups excluding carboxylic acids is 1. The summed E-state index contributed by atoms with van der Waals surface area (Å²) in [5, 5.41) is 10.9. The second-order valence-electron chi connectivity index (χ2n) is 6.09. The number of carboxylic acids is 1. The van der Waals surface area contributed by atoms with Crippen LogP contribution in [0.5, 0.6) is 0 Å². The molecular formula is C21H22F2NNaO2. The maximum absolute atomic E-state index is 14.4. The van der Waals surface area contributed by atoms with Crippen LogP contribution >= 0.6 is 0 Å². The van der Waals surface area contributed by atoms with Crippen LogP contribution in [0.1, 0.15) is 42.5 Å². The number of benzene rings is 2. The van der Waals surface area contributed by atoms with Gasteiger partial charge in [-0.1, -0.05) is 38.1 Å². The standard InChI is InChI=1S/C21H23F2NO2.Na/c1-3-13-5-6-15(11-14(13)4-2)17(9-10-20(24)21(25)26)18-8-7-16(22)12-19(18)23;/h5-9,11-12,20H,3-4,10,24H2,1-2H3,(H,25,26);/q;+1/p-1/b17-9-;/t20-;/m0./s1.